The molecular weight excluding hydrogens is 360 g/mol. The highest BCUT2D eigenvalue weighted by Gasteiger charge is 2.59. The van der Waals surface area contributed by atoms with Crippen molar-refractivity contribution in [1.82, 2.24) is 0 Å². The number of allylic oxidation sites excluding steroid dienone is 3. The van der Waals surface area contributed by atoms with Crippen LogP contribution in [0.25, 0.3) is 0 Å². The Morgan fingerprint density at radius 2 is 1.96 bits per heavy atom. The van der Waals surface area contributed by atoms with Crippen LogP contribution in [0.2, 0.25) is 0 Å². The number of Topliss-reactive ketones (excluding diaryl/α,β-unsaturated/α-hetero) is 1. The molecular formula is C22H30O6. The lowest BCUT2D eigenvalue weighted by molar-refractivity contribution is -0.165. The molecule has 0 saturated heterocycles. The van der Waals surface area contributed by atoms with Gasteiger partial charge >= 0.3 is 11.9 Å². The highest BCUT2D eigenvalue weighted by atomic mass is 16.5. The van der Waals surface area contributed by atoms with E-state index in [1.54, 1.807) is 13.0 Å². The molecule has 6 nitrogen and oxygen atoms in total. The molecule has 0 aliphatic heterocycles. The van der Waals surface area contributed by atoms with E-state index in [1.165, 1.54) is 13.0 Å². The van der Waals surface area contributed by atoms with Gasteiger partial charge in [0.15, 0.2) is 5.76 Å². The number of ether oxygens (including phenoxy) is 1. The van der Waals surface area contributed by atoms with Gasteiger partial charge in [0.25, 0.3) is 0 Å². The molecule has 2 N–H and O–H groups in total. The molecule has 1 saturated carbocycles. The summed E-state index contributed by atoms with van der Waals surface area (Å²) in [6, 6.07) is 0. The van der Waals surface area contributed by atoms with Gasteiger partial charge in [-0.15, -0.1) is 0 Å². The van der Waals surface area contributed by atoms with Crippen molar-refractivity contribution in [2.75, 3.05) is 0 Å². The van der Waals surface area contributed by atoms with Gasteiger partial charge < -0.3 is 14.9 Å². The van der Waals surface area contributed by atoms with Gasteiger partial charge in [0.2, 0.25) is 5.78 Å². The first kappa shape index (κ1) is 21.9. The quantitative estimate of drug-likeness (QED) is 0.544. The van der Waals surface area contributed by atoms with Gasteiger partial charge in [-0.3, -0.25) is 9.59 Å². The average molecular weight is 390 g/mol. The molecule has 0 spiro atoms. The third kappa shape index (κ3) is 3.77. The minimum Gasteiger partial charge on any atom is -0.504 e. The molecule has 2 aliphatic rings. The summed E-state index contributed by atoms with van der Waals surface area (Å²) < 4.78 is 5.61. The first-order valence-electron chi connectivity index (χ1n) is 9.55. The molecule has 154 valence electrons. The zero-order valence-corrected chi connectivity index (χ0v) is 17.2. The van der Waals surface area contributed by atoms with E-state index in [-0.39, 0.29) is 23.6 Å². The van der Waals surface area contributed by atoms with Crippen molar-refractivity contribution in [2.45, 2.75) is 60.0 Å². The number of aliphatic hydroxyl groups is 1. The van der Waals surface area contributed by atoms with Gasteiger partial charge in [0, 0.05) is 24.0 Å². The van der Waals surface area contributed by atoms with Crippen LogP contribution < -0.4 is 0 Å². The molecule has 0 aromatic carbocycles. The number of aliphatic carboxylic acids is 1. The van der Waals surface area contributed by atoms with E-state index in [2.05, 4.69) is 13.5 Å². The molecule has 1 fully saturated rings. The van der Waals surface area contributed by atoms with Crippen LogP contribution in [0.15, 0.2) is 35.6 Å². The summed E-state index contributed by atoms with van der Waals surface area (Å²) >= 11 is 0. The second-order valence-electron chi connectivity index (χ2n) is 8.73. The van der Waals surface area contributed by atoms with Crippen molar-refractivity contribution in [3.05, 3.63) is 35.6 Å². The number of carbonyl (C=O) groups is 3. The SMILES string of the molecule is C=C1C(=O)C(O)=C[C@@H]2[C@@](C)(CC/C(C)=C/C(=O)O)[C@H](C)[C@@H](OC(C)=O)C[C@]12C. The number of hydrogen-bond donors (Lipinski definition) is 2. The highest BCUT2D eigenvalue weighted by Crippen LogP contribution is 2.61. The second kappa shape index (κ2) is 7.57. The lowest BCUT2D eigenvalue weighted by Gasteiger charge is -2.58. The molecule has 0 radical (unpaired) electrons. The molecule has 5 atom stereocenters. The molecule has 0 aromatic rings. The number of hydrogen-bond acceptors (Lipinski definition) is 5. The van der Waals surface area contributed by atoms with Gasteiger partial charge in [0.1, 0.15) is 6.10 Å². The lowest BCUT2D eigenvalue weighted by atomic mass is 9.46. The van der Waals surface area contributed by atoms with Gasteiger partial charge in [-0.05, 0) is 49.5 Å². The molecule has 2 rings (SSSR count). The number of aliphatic hydroxyl groups excluding tert-OH is 1. The number of rotatable bonds is 5. The average Bonchev–Trinajstić information content (AvgIpc) is 2.58. The molecule has 2 aliphatic carbocycles. The number of fused-ring (bicyclic) bond motifs is 1. The van der Waals surface area contributed by atoms with Crippen molar-refractivity contribution >= 4 is 17.7 Å². The van der Waals surface area contributed by atoms with Crippen LogP contribution in [-0.4, -0.2) is 34.0 Å². The maximum Gasteiger partial charge on any atom is 0.328 e. The largest absolute Gasteiger partial charge is 0.504 e. The summed E-state index contributed by atoms with van der Waals surface area (Å²) in [6.07, 6.45) is 4.02. The molecule has 0 bridgehead atoms. The number of carboxylic acids is 1. The van der Waals surface area contributed by atoms with Gasteiger partial charge in [-0.2, -0.15) is 0 Å². The molecule has 0 unspecified atom stereocenters. The monoisotopic (exact) mass is 390 g/mol. The Balaban J connectivity index is 2.51. The fraction of sp³-hybridized carbons (Fsp3) is 0.591. The minimum atomic E-state index is -0.990. The first-order valence-corrected chi connectivity index (χ1v) is 9.55. The number of carboxylic acid groups (broad SMARTS) is 1. The smallest absolute Gasteiger partial charge is 0.328 e. The normalized spacial score (nSPS) is 35.8. The molecule has 0 amide bonds. The Hall–Kier alpha value is -2.37. The topological polar surface area (TPSA) is 101 Å². The molecule has 0 aromatic heterocycles. The fourth-order valence-corrected chi connectivity index (χ4v) is 4.98. The number of carbonyl (C=O) groups excluding carboxylic acids is 2. The van der Waals surface area contributed by atoms with Crippen LogP contribution in [0.3, 0.4) is 0 Å². The summed E-state index contributed by atoms with van der Waals surface area (Å²) in [4.78, 5) is 35.0. The van der Waals surface area contributed by atoms with Crippen molar-refractivity contribution in [3.8, 4) is 0 Å². The van der Waals surface area contributed by atoms with E-state index in [1.807, 2.05) is 13.8 Å². The molecule has 28 heavy (non-hydrogen) atoms. The van der Waals surface area contributed by atoms with Crippen LogP contribution >= 0.6 is 0 Å². The van der Waals surface area contributed by atoms with E-state index in [0.717, 1.165) is 5.57 Å². The van der Waals surface area contributed by atoms with E-state index < -0.39 is 28.7 Å². The number of esters is 1. The van der Waals surface area contributed by atoms with Crippen molar-refractivity contribution in [1.29, 1.82) is 0 Å². The molecule has 6 heteroatoms. The first-order chi connectivity index (χ1) is 12.8. The lowest BCUT2D eigenvalue weighted by Crippen LogP contribution is -2.56. The Labute approximate surface area is 166 Å². The summed E-state index contributed by atoms with van der Waals surface area (Å²) in [6.45, 7) is 13.1. The Kier molecular flexibility index (Phi) is 5.93. The van der Waals surface area contributed by atoms with Gasteiger partial charge in [-0.25, -0.2) is 4.79 Å². The van der Waals surface area contributed by atoms with Crippen molar-refractivity contribution < 1.29 is 29.3 Å². The van der Waals surface area contributed by atoms with Gasteiger partial charge in [-0.1, -0.05) is 32.9 Å². The van der Waals surface area contributed by atoms with Crippen molar-refractivity contribution in [2.24, 2.45) is 22.7 Å². The zero-order valence-electron chi connectivity index (χ0n) is 17.2. The van der Waals surface area contributed by atoms with Crippen LogP contribution in [0.1, 0.15) is 53.9 Å². The standard InChI is InChI=1S/C22H30O6/c1-12(9-19(25)26)7-8-21(5)13(2)17(28-15(4)23)11-22(6)14(3)20(27)16(24)10-18(21)22/h9-10,13,17-18,24H,3,7-8,11H2,1-2,4-6H3,(H,25,26)/b12-9+/t13-,17+,18-,21+,22-/m1/s1. The summed E-state index contributed by atoms with van der Waals surface area (Å²) in [5.41, 5.74) is -0.0466. The Morgan fingerprint density at radius 1 is 1.36 bits per heavy atom. The van der Waals surface area contributed by atoms with Crippen LogP contribution in [-0.2, 0) is 19.1 Å². The highest BCUT2D eigenvalue weighted by molar-refractivity contribution is 6.08. The molecule has 0 heterocycles. The summed E-state index contributed by atoms with van der Waals surface area (Å²) in [7, 11) is 0. The third-order valence-electron chi connectivity index (χ3n) is 6.89. The van der Waals surface area contributed by atoms with Gasteiger partial charge in [0.05, 0.1) is 0 Å². The summed E-state index contributed by atoms with van der Waals surface area (Å²) in [5.74, 6) is -2.39. The zero-order chi connectivity index (χ0) is 21.4. The maximum absolute atomic E-state index is 12.4. The predicted octanol–water partition coefficient (Wildman–Crippen LogP) is 3.98. The van der Waals surface area contributed by atoms with Crippen molar-refractivity contribution in [3.63, 3.8) is 0 Å². The van der Waals surface area contributed by atoms with Crippen LogP contribution in [0.4, 0.5) is 0 Å². The number of ketones is 1. The van der Waals surface area contributed by atoms with E-state index in [4.69, 9.17) is 9.84 Å². The van der Waals surface area contributed by atoms with Crippen LogP contribution in [0.5, 0.6) is 0 Å². The van der Waals surface area contributed by atoms with E-state index in [9.17, 15) is 19.5 Å². The van der Waals surface area contributed by atoms with Crippen LogP contribution in [0, 0.1) is 22.7 Å². The summed E-state index contributed by atoms with van der Waals surface area (Å²) in [5, 5.41) is 19.2. The second-order valence-corrected chi connectivity index (χ2v) is 8.73. The minimum absolute atomic E-state index is 0.0582. The Morgan fingerprint density at radius 3 is 2.50 bits per heavy atom. The predicted molar refractivity (Wildman–Crippen MR) is 105 cm³/mol. The fourth-order valence-electron chi connectivity index (χ4n) is 4.98. The van der Waals surface area contributed by atoms with E-state index >= 15 is 0 Å². The Bertz CT molecular complexity index is 776. The van der Waals surface area contributed by atoms with E-state index in [0.29, 0.717) is 24.8 Å². The third-order valence-corrected chi connectivity index (χ3v) is 6.89. The maximum atomic E-state index is 12.4.